The first kappa shape index (κ1) is 16.4. The van der Waals surface area contributed by atoms with Crippen molar-refractivity contribution in [1.29, 1.82) is 0 Å². The molecule has 118 valence electrons. The summed E-state index contributed by atoms with van der Waals surface area (Å²) in [5.74, 6) is -0.312. The van der Waals surface area contributed by atoms with Gasteiger partial charge in [-0.05, 0) is 42.0 Å². The van der Waals surface area contributed by atoms with E-state index in [0.717, 1.165) is 11.1 Å². The van der Waals surface area contributed by atoms with Gasteiger partial charge in [0.2, 0.25) is 0 Å². The molecule has 2 aromatic rings. The van der Waals surface area contributed by atoms with Crippen molar-refractivity contribution in [1.82, 2.24) is 5.43 Å². The standard InChI is InChI=1S/C16H15N3O3S/c17-16(23)19-18-9-13-3-1-2-4-14(13)22-10-11-5-7-12(8-6-11)15(20)21/h1-9H,10H2,(H,20,21)(H3,17,19,23)/b18-9-. The molecule has 0 aromatic heterocycles. The lowest BCUT2D eigenvalue weighted by molar-refractivity contribution is 0.0697. The molecule has 0 bridgehead atoms. The van der Waals surface area contributed by atoms with Crippen molar-refractivity contribution >= 4 is 29.5 Å². The van der Waals surface area contributed by atoms with Crippen molar-refractivity contribution in [3.05, 3.63) is 65.2 Å². The topological polar surface area (TPSA) is 96.9 Å². The van der Waals surface area contributed by atoms with Crippen LogP contribution in [0.2, 0.25) is 0 Å². The number of thiocarbonyl (C=S) groups is 1. The first-order valence-electron chi connectivity index (χ1n) is 6.69. The lowest BCUT2D eigenvalue weighted by atomic mass is 10.1. The number of carboxylic acid groups (broad SMARTS) is 1. The number of para-hydroxylation sites is 1. The average Bonchev–Trinajstić information content (AvgIpc) is 2.54. The normalized spacial score (nSPS) is 10.4. The van der Waals surface area contributed by atoms with Crippen molar-refractivity contribution in [2.75, 3.05) is 0 Å². The van der Waals surface area contributed by atoms with Crippen LogP contribution in [0.5, 0.6) is 5.75 Å². The maximum absolute atomic E-state index is 10.8. The zero-order valence-electron chi connectivity index (χ0n) is 12.1. The van der Waals surface area contributed by atoms with Gasteiger partial charge in [-0.25, -0.2) is 4.79 Å². The zero-order valence-corrected chi connectivity index (χ0v) is 12.9. The molecule has 0 aliphatic heterocycles. The number of carboxylic acids is 1. The van der Waals surface area contributed by atoms with E-state index in [4.69, 9.17) is 15.6 Å². The molecule has 0 unspecified atom stereocenters. The molecule has 7 heteroatoms. The Balaban J connectivity index is 2.04. The molecule has 0 atom stereocenters. The third-order valence-corrected chi connectivity index (χ3v) is 2.98. The quantitative estimate of drug-likeness (QED) is 0.427. The van der Waals surface area contributed by atoms with Gasteiger partial charge in [0.15, 0.2) is 5.11 Å². The predicted octanol–water partition coefficient (Wildman–Crippen LogP) is 2.13. The molecule has 0 aliphatic carbocycles. The third-order valence-electron chi connectivity index (χ3n) is 2.89. The molecular formula is C16H15N3O3S. The van der Waals surface area contributed by atoms with E-state index in [-0.39, 0.29) is 10.7 Å². The minimum atomic E-state index is -0.954. The lowest BCUT2D eigenvalue weighted by Gasteiger charge is -2.09. The second kappa shape index (κ2) is 7.90. The Morgan fingerprint density at radius 3 is 2.61 bits per heavy atom. The Labute approximate surface area is 138 Å². The number of hydrazone groups is 1. The minimum absolute atomic E-state index is 0.0816. The Kier molecular flexibility index (Phi) is 5.65. The van der Waals surface area contributed by atoms with Crippen LogP contribution in [0.1, 0.15) is 21.5 Å². The zero-order chi connectivity index (χ0) is 16.7. The third kappa shape index (κ3) is 5.08. The molecule has 0 heterocycles. The number of nitrogens with one attached hydrogen (secondary N) is 1. The monoisotopic (exact) mass is 329 g/mol. The number of nitrogens with zero attached hydrogens (tertiary/aromatic N) is 1. The maximum atomic E-state index is 10.8. The number of nitrogens with two attached hydrogens (primary N) is 1. The molecule has 0 fully saturated rings. The van der Waals surface area contributed by atoms with Crippen LogP contribution < -0.4 is 15.9 Å². The van der Waals surface area contributed by atoms with Gasteiger partial charge in [-0.3, -0.25) is 5.43 Å². The number of aromatic carboxylic acids is 1. The van der Waals surface area contributed by atoms with E-state index in [9.17, 15) is 4.79 Å². The van der Waals surface area contributed by atoms with Gasteiger partial charge >= 0.3 is 5.97 Å². The second-order valence-corrected chi connectivity index (χ2v) is 5.00. The van der Waals surface area contributed by atoms with E-state index in [1.165, 1.54) is 0 Å². The fourth-order valence-corrected chi connectivity index (χ4v) is 1.84. The van der Waals surface area contributed by atoms with Crippen LogP contribution in [0, 0.1) is 0 Å². The molecule has 2 rings (SSSR count). The highest BCUT2D eigenvalue weighted by molar-refractivity contribution is 7.80. The Morgan fingerprint density at radius 1 is 1.26 bits per heavy atom. The summed E-state index contributed by atoms with van der Waals surface area (Å²) in [5, 5.41) is 12.9. The predicted molar refractivity (Wildman–Crippen MR) is 91.7 cm³/mol. The van der Waals surface area contributed by atoms with E-state index in [1.807, 2.05) is 24.3 Å². The van der Waals surface area contributed by atoms with E-state index < -0.39 is 5.97 Å². The van der Waals surface area contributed by atoms with Gasteiger partial charge in [-0.1, -0.05) is 24.3 Å². The number of benzene rings is 2. The summed E-state index contributed by atoms with van der Waals surface area (Å²) < 4.78 is 5.75. The van der Waals surface area contributed by atoms with Crippen molar-refractivity contribution in [2.24, 2.45) is 10.8 Å². The van der Waals surface area contributed by atoms with Gasteiger partial charge in [-0.2, -0.15) is 5.10 Å². The van der Waals surface area contributed by atoms with Crippen LogP contribution in [0.4, 0.5) is 0 Å². The highest BCUT2D eigenvalue weighted by Gasteiger charge is 2.04. The van der Waals surface area contributed by atoms with Gasteiger partial charge in [0.25, 0.3) is 0 Å². The van der Waals surface area contributed by atoms with Gasteiger partial charge < -0.3 is 15.6 Å². The van der Waals surface area contributed by atoms with E-state index in [1.54, 1.807) is 30.5 Å². The Hall–Kier alpha value is -2.93. The summed E-state index contributed by atoms with van der Waals surface area (Å²) in [6, 6.07) is 13.9. The summed E-state index contributed by atoms with van der Waals surface area (Å²) >= 11 is 4.67. The van der Waals surface area contributed by atoms with Crippen LogP contribution in [0.15, 0.2) is 53.6 Å². The molecule has 4 N–H and O–H groups in total. The molecule has 0 amide bonds. The summed E-state index contributed by atoms with van der Waals surface area (Å²) in [5.41, 5.74) is 9.64. The molecule has 0 spiro atoms. The van der Waals surface area contributed by atoms with Gasteiger partial charge in [0.1, 0.15) is 12.4 Å². The van der Waals surface area contributed by atoms with Crippen molar-refractivity contribution in [3.63, 3.8) is 0 Å². The molecular weight excluding hydrogens is 314 g/mol. The molecule has 6 nitrogen and oxygen atoms in total. The fourth-order valence-electron chi connectivity index (χ4n) is 1.79. The van der Waals surface area contributed by atoms with Crippen LogP contribution in [-0.4, -0.2) is 22.4 Å². The van der Waals surface area contributed by atoms with Gasteiger partial charge in [-0.15, -0.1) is 0 Å². The maximum Gasteiger partial charge on any atom is 0.335 e. The fraction of sp³-hybridized carbons (Fsp3) is 0.0625. The largest absolute Gasteiger partial charge is 0.488 e. The lowest BCUT2D eigenvalue weighted by Crippen LogP contribution is -2.24. The van der Waals surface area contributed by atoms with Crippen molar-refractivity contribution in [2.45, 2.75) is 6.61 Å². The molecule has 0 saturated carbocycles. The molecule has 0 radical (unpaired) electrons. The minimum Gasteiger partial charge on any atom is -0.488 e. The van der Waals surface area contributed by atoms with Crippen LogP contribution in [0.3, 0.4) is 0 Å². The molecule has 2 aromatic carbocycles. The first-order valence-corrected chi connectivity index (χ1v) is 7.09. The van der Waals surface area contributed by atoms with Gasteiger partial charge in [0, 0.05) is 5.56 Å². The van der Waals surface area contributed by atoms with Crippen LogP contribution in [-0.2, 0) is 6.61 Å². The highest BCUT2D eigenvalue weighted by Crippen LogP contribution is 2.17. The number of ether oxygens (including phenoxy) is 1. The van der Waals surface area contributed by atoms with Crippen LogP contribution in [0.25, 0.3) is 0 Å². The highest BCUT2D eigenvalue weighted by atomic mass is 32.1. The number of hydrogen-bond donors (Lipinski definition) is 3. The SMILES string of the molecule is NC(=S)N/N=C\c1ccccc1OCc1ccc(C(=O)O)cc1. The summed E-state index contributed by atoms with van der Waals surface area (Å²) in [6.45, 7) is 0.313. The van der Waals surface area contributed by atoms with Crippen molar-refractivity contribution < 1.29 is 14.6 Å². The Morgan fingerprint density at radius 2 is 1.96 bits per heavy atom. The van der Waals surface area contributed by atoms with E-state index in [0.29, 0.717) is 12.4 Å². The smallest absolute Gasteiger partial charge is 0.335 e. The van der Waals surface area contributed by atoms with Gasteiger partial charge in [0.05, 0.1) is 11.8 Å². The molecule has 0 saturated heterocycles. The molecule has 23 heavy (non-hydrogen) atoms. The van der Waals surface area contributed by atoms with E-state index in [2.05, 4.69) is 22.7 Å². The summed E-state index contributed by atoms with van der Waals surface area (Å²) in [6.07, 6.45) is 1.56. The number of carbonyl (C=O) groups is 1. The number of rotatable bonds is 6. The Bertz CT molecular complexity index is 730. The van der Waals surface area contributed by atoms with Crippen molar-refractivity contribution in [3.8, 4) is 5.75 Å². The number of hydrogen-bond acceptors (Lipinski definition) is 4. The molecule has 0 aliphatic rings. The summed E-state index contributed by atoms with van der Waals surface area (Å²) in [4.78, 5) is 10.8. The van der Waals surface area contributed by atoms with Crippen LogP contribution >= 0.6 is 12.2 Å². The first-order chi connectivity index (χ1) is 11.1. The second-order valence-electron chi connectivity index (χ2n) is 4.56. The average molecular weight is 329 g/mol. The summed E-state index contributed by atoms with van der Waals surface area (Å²) in [7, 11) is 0. The van der Waals surface area contributed by atoms with E-state index >= 15 is 0 Å².